The Kier molecular flexibility index (Phi) is 9.68. The fraction of sp³-hybridized carbons (Fsp3) is 0. The number of hydrogen-bond acceptors (Lipinski definition) is 1. The molecule has 0 amide bonds. The van der Waals surface area contributed by atoms with E-state index < -0.39 is 0 Å². The third-order valence-electron chi connectivity index (χ3n) is 11.3. The summed E-state index contributed by atoms with van der Waals surface area (Å²) >= 11 is 0. The number of fused-ring (bicyclic) bond motifs is 1. The van der Waals surface area contributed by atoms with Crippen LogP contribution >= 0.6 is 0 Å². The fourth-order valence-corrected chi connectivity index (χ4v) is 8.39. The maximum absolute atomic E-state index is 2.37. The Balaban J connectivity index is 1.04. The zero-order valence-corrected chi connectivity index (χ0v) is 32.6. The van der Waals surface area contributed by atoms with Crippen LogP contribution in [-0.4, -0.2) is 0 Å². The van der Waals surface area contributed by atoms with E-state index in [9.17, 15) is 0 Å². The van der Waals surface area contributed by atoms with Crippen molar-refractivity contribution < 1.29 is 0 Å². The molecule has 0 saturated heterocycles. The van der Waals surface area contributed by atoms with Crippen LogP contribution in [0.2, 0.25) is 0 Å². The van der Waals surface area contributed by atoms with E-state index in [0.717, 1.165) is 17.1 Å². The van der Waals surface area contributed by atoms with Crippen LogP contribution < -0.4 is 4.90 Å². The molecule has 10 rings (SSSR count). The molecule has 0 bridgehead atoms. The third-order valence-corrected chi connectivity index (χ3v) is 11.3. The monoisotopic (exact) mass is 751 g/mol. The van der Waals surface area contributed by atoms with Crippen LogP contribution in [0.15, 0.2) is 249 Å². The summed E-state index contributed by atoms with van der Waals surface area (Å²) < 4.78 is 0. The minimum Gasteiger partial charge on any atom is -0.311 e. The number of rotatable bonds is 9. The standard InChI is InChI=1S/C58H41N/c1-5-17-42(18-6-1)50-40-56(45-19-7-2-8-20-45)58(47-22-9-3-10-23-47)57(41-50)49-26-15-25-48(39-49)43-31-35-52(36-32-43)59(51-27-11-4-12-28-51)53-37-33-46(34-38-53)55-30-16-24-44-21-13-14-29-54(44)55/h1-41H. The molecule has 1 nitrogen and oxygen atoms in total. The van der Waals surface area contributed by atoms with Crippen molar-refractivity contribution in [3.05, 3.63) is 249 Å². The third kappa shape index (κ3) is 7.23. The molecule has 0 aliphatic rings. The number of benzene rings is 10. The average molecular weight is 752 g/mol. The normalized spacial score (nSPS) is 11.1. The first kappa shape index (κ1) is 35.7. The first-order valence-corrected chi connectivity index (χ1v) is 20.3. The minimum absolute atomic E-state index is 1.10. The Hall–Kier alpha value is -7.74. The van der Waals surface area contributed by atoms with Gasteiger partial charge < -0.3 is 4.90 Å². The molecule has 0 saturated carbocycles. The van der Waals surface area contributed by atoms with E-state index in [2.05, 4.69) is 254 Å². The summed E-state index contributed by atoms with van der Waals surface area (Å²) in [7, 11) is 0. The van der Waals surface area contributed by atoms with Gasteiger partial charge in [0, 0.05) is 17.1 Å². The largest absolute Gasteiger partial charge is 0.311 e. The Morgan fingerprint density at radius 2 is 0.644 bits per heavy atom. The highest BCUT2D eigenvalue weighted by Crippen LogP contribution is 2.44. The van der Waals surface area contributed by atoms with Crippen molar-refractivity contribution in [2.24, 2.45) is 0 Å². The first-order valence-electron chi connectivity index (χ1n) is 20.3. The molecule has 10 aromatic rings. The van der Waals surface area contributed by atoms with Gasteiger partial charge in [0.1, 0.15) is 0 Å². The van der Waals surface area contributed by atoms with Crippen molar-refractivity contribution >= 4 is 27.8 Å². The summed E-state index contributed by atoms with van der Waals surface area (Å²) in [6, 6.07) is 89.8. The van der Waals surface area contributed by atoms with E-state index in [1.54, 1.807) is 0 Å². The van der Waals surface area contributed by atoms with Gasteiger partial charge in [-0.05, 0) is 132 Å². The van der Waals surface area contributed by atoms with Crippen LogP contribution in [0.4, 0.5) is 17.1 Å². The average Bonchev–Trinajstić information content (AvgIpc) is 3.33. The summed E-state index contributed by atoms with van der Waals surface area (Å²) in [5, 5.41) is 2.51. The molecule has 278 valence electrons. The lowest BCUT2D eigenvalue weighted by molar-refractivity contribution is 1.28. The Morgan fingerprint density at radius 3 is 1.31 bits per heavy atom. The van der Waals surface area contributed by atoms with E-state index in [0.29, 0.717) is 0 Å². The molecule has 10 aromatic carbocycles. The first-order chi connectivity index (χ1) is 29.3. The van der Waals surface area contributed by atoms with E-state index in [1.165, 1.54) is 77.5 Å². The molecule has 0 radical (unpaired) electrons. The lowest BCUT2D eigenvalue weighted by atomic mass is 9.84. The van der Waals surface area contributed by atoms with Crippen LogP contribution in [0, 0.1) is 0 Å². The Labute approximate surface area is 346 Å². The van der Waals surface area contributed by atoms with Gasteiger partial charge in [-0.1, -0.05) is 194 Å². The zero-order valence-electron chi connectivity index (χ0n) is 32.6. The summed E-state index contributed by atoms with van der Waals surface area (Å²) in [4.78, 5) is 2.33. The number of hydrogen-bond donors (Lipinski definition) is 0. The van der Waals surface area contributed by atoms with Gasteiger partial charge in [-0.2, -0.15) is 0 Å². The molecule has 0 aliphatic carbocycles. The topological polar surface area (TPSA) is 3.24 Å². The lowest BCUT2D eigenvalue weighted by Gasteiger charge is -2.26. The van der Waals surface area contributed by atoms with Gasteiger partial charge in [-0.15, -0.1) is 0 Å². The van der Waals surface area contributed by atoms with Crippen molar-refractivity contribution in [3.8, 4) is 66.8 Å². The molecular weight excluding hydrogens is 711 g/mol. The van der Waals surface area contributed by atoms with Gasteiger partial charge in [0.25, 0.3) is 0 Å². The fourth-order valence-electron chi connectivity index (χ4n) is 8.39. The minimum atomic E-state index is 1.10. The van der Waals surface area contributed by atoms with E-state index in [1.807, 2.05) is 0 Å². The maximum Gasteiger partial charge on any atom is 0.0462 e. The van der Waals surface area contributed by atoms with Crippen LogP contribution in [-0.2, 0) is 0 Å². The highest BCUT2D eigenvalue weighted by molar-refractivity contribution is 5.99. The molecule has 59 heavy (non-hydrogen) atoms. The van der Waals surface area contributed by atoms with Gasteiger partial charge in [0.05, 0.1) is 0 Å². The van der Waals surface area contributed by atoms with E-state index in [4.69, 9.17) is 0 Å². The Morgan fingerprint density at radius 1 is 0.220 bits per heavy atom. The SMILES string of the molecule is c1ccc(-c2cc(-c3ccccc3)c(-c3ccccc3)c(-c3cccc(-c4ccc(N(c5ccccc5)c5ccc(-c6cccc7ccccc67)cc5)cc4)c3)c2)cc1. The van der Waals surface area contributed by atoms with Crippen LogP contribution in [0.1, 0.15) is 0 Å². The molecule has 0 spiro atoms. The summed E-state index contributed by atoms with van der Waals surface area (Å²) in [6.07, 6.45) is 0. The van der Waals surface area contributed by atoms with Crippen molar-refractivity contribution in [2.45, 2.75) is 0 Å². The van der Waals surface area contributed by atoms with Gasteiger partial charge >= 0.3 is 0 Å². The molecule has 0 unspecified atom stereocenters. The van der Waals surface area contributed by atoms with Crippen LogP contribution in [0.5, 0.6) is 0 Å². The molecule has 0 atom stereocenters. The highest BCUT2D eigenvalue weighted by Gasteiger charge is 2.18. The molecule has 0 heterocycles. The van der Waals surface area contributed by atoms with Crippen molar-refractivity contribution in [3.63, 3.8) is 0 Å². The van der Waals surface area contributed by atoms with Crippen LogP contribution in [0.25, 0.3) is 77.5 Å². The van der Waals surface area contributed by atoms with E-state index >= 15 is 0 Å². The second-order valence-electron chi connectivity index (χ2n) is 14.9. The second kappa shape index (κ2) is 16.0. The molecule has 1 heteroatoms. The lowest BCUT2D eigenvalue weighted by Crippen LogP contribution is -2.09. The second-order valence-corrected chi connectivity index (χ2v) is 14.9. The number of nitrogens with zero attached hydrogens (tertiary/aromatic N) is 1. The number of para-hydroxylation sites is 1. The molecule has 0 N–H and O–H groups in total. The summed E-state index contributed by atoms with van der Waals surface area (Å²) in [6.45, 7) is 0. The summed E-state index contributed by atoms with van der Waals surface area (Å²) in [5.74, 6) is 0. The summed E-state index contributed by atoms with van der Waals surface area (Å²) in [5.41, 5.74) is 17.7. The Bertz CT molecular complexity index is 2990. The molecule has 0 aromatic heterocycles. The molecular formula is C58H41N. The highest BCUT2D eigenvalue weighted by atomic mass is 15.1. The zero-order chi connectivity index (χ0) is 39.4. The predicted octanol–water partition coefficient (Wildman–Crippen LogP) is 16.3. The smallest absolute Gasteiger partial charge is 0.0462 e. The van der Waals surface area contributed by atoms with E-state index in [-0.39, 0.29) is 0 Å². The maximum atomic E-state index is 2.37. The van der Waals surface area contributed by atoms with Gasteiger partial charge in [-0.25, -0.2) is 0 Å². The predicted molar refractivity (Wildman–Crippen MR) is 251 cm³/mol. The molecule has 0 aliphatic heterocycles. The molecule has 0 fully saturated rings. The quantitative estimate of drug-likeness (QED) is 0.142. The van der Waals surface area contributed by atoms with Crippen molar-refractivity contribution in [1.82, 2.24) is 0 Å². The van der Waals surface area contributed by atoms with Crippen molar-refractivity contribution in [1.29, 1.82) is 0 Å². The van der Waals surface area contributed by atoms with Gasteiger partial charge in [0.15, 0.2) is 0 Å². The van der Waals surface area contributed by atoms with Crippen LogP contribution in [0.3, 0.4) is 0 Å². The van der Waals surface area contributed by atoms with Crippen molar-refractivity contribution in [2.75, 3.05) is 4.90 Å². The number of anilines is 3. The van der Waals surface area contributed by atoms with Gasteiger partial charge in [-0.3, -0.25) is 0 Å². The van der Waals surface area contributed by atoms with Gasteiger partial charge in [0.2, 0.25) is 0 Å².